The fourth-order valence-electron chi connectivity index (χ4n) is 1.83. The number of hydrogen-bond donors (Lipinski definition) is 3. The first-order chi connectivity index (χ1) is 11.3. The number of alkyl halides is 3. The molecule has 2 rings (SSSR count). The van der Waals surface area contributed by atoms with Crippen LogP contribution in [-0.2, 0) is 11.3 Å². The lowest BCUT2D eigenvalue weighted by Crippen LogP contribution is -2.36. The molecule has 2 aromatic rings. The maximum atomic E-state index is 12.1. The van der Waals surface area contributed by atoms with Crippen LogP contribution in [0.3, 0.4) is 0 Å². The van der Waals surface area contributed by atoms with Gasteiger partial charge in [-0.2, -0.15) is 13.2 Å². The van der Waals surface area contributed by atoms with Gasteiger partial charge in [0.05, 0.1) is 0 Å². The van der Waals surface area contributed by atoms with Crippen molar-refractivity contribution in [1.82, 2.24) is 5.32 Å². The van der Waals surface area contributed by atoms with Gasteiger partial charge in [-0.3, -0.25) is 9.59 Å². The number of carbonyl (C=O) groups excluding carboxylic acids is 2. The minimum absolute atomic E-state index is 0.259. The summed E-state index contributed by atoms with van der Waals surface area (Å²) in [6, 6.07) is 12.4. The SMILES string of the molecule is Nc1ccc(C(=O)Nc2ccc(CNC(=O)C(F)(F)F)cc2)cc1. The summed E-state index contributed by atoms with van der Waals surface area (Å²) >= 11 is 0. The monoisotopic (exact) mass is 337 g/mol. The number of halogens is 3. The van der Waals surface area contributed by atoms with E-state index in [9.17, 15) is 22.8 Å². The van der Waals surface area contributed by atoms with E-state index in [1.165, 1.54) is 24.3 Å². The quantitative estimate of drug-likeness (QED) is 0.750. The molecule has 0 heterocycles. The van der Waals surface area contributed by atoms with Gasteiger partial charge in [-0.25, -0.2) is 0 Å². The minimum Gasteiger partial charge on any atom is -0.399 e. The molecule has 0 aliphatic carbocycles. The minimum atomic E-state index is -4.91. The number of nitrogens with two attached hydrogens (primary N) is 1. The standard InChI is InChI=1S/C16H14F3N3O2/c17-16(18,19)15(24)21-9-10-1-7-13(8-2-10)22-14(23)11-3-5-12(20)6-4-11/h1-8H,9,20H2,(H,21,24)(H,22,23). The van der Waals surface area contributed by atoms with Gasteiger partial charge in [0.15, 0.2) is 0 Å². The number of nitrogens with one attached hydrogen (secondary N) is 2. The van der Waals surface area contributed by atoms with E-state index in [4.69, 9.17) is 5.73 Å². The molecule has 0 bridgehead atoms. The van der Waals surface area contributed by atoms with Crippen LogP contribution >= 0.6 is 0 Å². The van der Waals surface area contributed by atoms with Gasteiger partial charge in [-0.15, -0.1) is 0 Å². The van der Waals surface area contributed by atoms with Crippen molar-refractivity contribution in [1.29, 1.82) is 0 Å². The number of rotatable bonds is 4. The van der Waals surface area contributed by atoms with E-state index in [0.29, 0.717) is 22.5 Å². The highest BCUT2D eigenvalue weighted by Crippen LogP contribution is 2.15. The summed E-state index contributed by atoms with van der Waals surface area (Å²) in [5.41, 5.74) is 7.45. The van der Waals surface area contributed by atoms with Crippen molar-refractivity contribution in [2.45, 2.75) is 12.7 Å². The van der Waals surface area contributed by atoms with Crippen molar-refractivity contribution < 1.29 is 22.8 Å². The molecule has 0 radical (unpaired) electrons. The van der Waals surface area contributed by atoms with Crippen molar-refractivity contribution in [3.05, 3.63) is 59.7 Å². The van der Waals surface area contributed by atoms with E-state index < -0.39 is 12.1 Å². The number of nitrogen functional groups attached to an aromatic ring is 1. The summed E-state index contributed by atoms with van der Waals surface area (Å²) in [5, 5.41) is 4.41. The number of anilines is 2. The highest BCUT2D eigenvalue weighted by atomic mass is 19.4. The first-order valence-corrected chi connectivity index (χ1v) is 6.86. The highest BCUT2D eigenvalue weighted by Gasteiger charge is 2.38. The summed E-state index contributed by atoms with van der Waals surface area (Å²) in [6.07, 6.45) is -4.91. The molecule has 2 amide bonds. The second-order valence-corrected chi connectivity index (χ2v) is 4.95. The van der Waals surface area contributed by atoms with Crippen LogP contribution in [0.4, 0.5) is 24.5 Å². The molecule has 24 heavy (non-hydrogen) atoms. The average molecular weight is 337 g/mol. The Balaban J connectivity index is 1.93. The Hall–Kier alpha value is -3.03. The van der Waals surface area contributed by atoms with Gasteiger partial charge in [0.2, 0.25) is 0 Å². The fraction of sp³-hybridized carbons (Fsp3) is 0.125. The van der Waals surface area contributed by atoms with Crippen LogP contribution in [0.25, 0.3) is 0 Å². The van der Waals surface area contributed by atoms with Gasteiger partial charge < -0.3 is 16.4 Å². The van der Waals surface area contributed by atoms with E-state index in [2.05, 4.69) is 5.32 Å². The van der Waals surface area contributed by atoms with Crippen LogP contribution < -0.4 is 16.4 Å². The van der Waals surface area contributed by atoms with Crippen LogP contribution in [0.2, 0.25) is 0 Å². The van der Waals surface area contributed by atoms with Gasteiger partial charge in [0.25, 0.3) is 5.91 Å². The van der Waals surface area contributed by atoms with Gasteiger partial charge in [0, 0.05) is 23.5 Å². The van der Waals surface area contributed by atoms with Gasteiger partial charge in [-0.1, -0.05) is 12.1 Å². The van der Waals surface area contributed by atoms with E-state index in [1.807, 2.05) is 0 Å². The molecule has 8 heteroatoms. The highest BCUT2D eigenvalue weighted by molar-refractivity contribution is 6.04. The largest absolute Gasteiger partial charge is 0.471 e. The maximum Gasteiger partial charge on any atom is 0.471 e. The third-order valence-electron chi connectivity index (χ3n) is 3.10. The topological polar surface area (TPSA) is 84.2 Å². The second kappa shape index (κ2) is 7.03. The van der Waals surface area contributed by atoms with Gasteiger partial charge in [-0.05, 0) is 42.0 Å². The molecule has 0 unspecified atom stereocenters. The summed E-state index contributed by atoms with van der Waals surface area (Å²) in [4.78, 5) is 22.7. The molecule has 5 nitrogen and oxygen atoms in total. The average Bonchev–Trinajstić information content (AvgIpc) is 2.53. The third kappa shape index (κ3) is 4.73. The lowest BCUT2D eigenvalue weighted by molar-refractivity contribution is -0.173. The normalized spacial score (nSPS) is 11.0. The maximum absolute atomic E-state index is 12.1. The molecule has 0 saturated heterocycles. The summed E-state index contributed by atoms with van der Waals surface area (Å²) in [7, 11) is 0. The Morgan fingerprint density at radius 1 is 0.958 bits per heavy atom. The molecule has 2 aromatic carbocycles. The summed E-state index contributed by atoms with van der Waals surface area (Å²) in [6.45, 7) is -0.259. The number of amides is 2. The van der Waals surface area contributed by atoms with Crippen LogP contribution in [-0.4, -0.2) is 18.0 Å². The van der Waals surface area contributed by atoms with Crippen molar-refractivity contribution in [3.63, 3.8) is 0 Å². The molecule has 0 aliphatic rings. The van der Waals surface area contributed by atoms with Crippen LogP contribution in [0.15, 0.2) is 48.5 Å². The van der Waals surface area contributed by atoms with E-state index in [-0.39, 0.29) is 12.5 Å². The lowest BCUT2D eigenvalue weighted by Gasteiger charge is -2.09. The zero-order chi connectivity index (χ0) is 17.7. The molecule has 0 aromatic heterocycles. The number of hydrogen-bond acceptors (Lipinski definition) is 3. The molecule has 0 spiro atoms. The molecule has 0 aliphatic heterocycles. The van der Waals surface area contributed by atoms with Crippen molar-refractivity contribution >= 4 is 23.2 Å². The van der Waals surface area contributed by atoms with E-state index >= 15 is 0 Å². The molecule has 0 atom stereocenters. The molecule has 126 valence electrons. The van der Waals surface area contributed by atoms with Crippen molar-refractivity contribution in [3.8, 4) is 0 Å². The Morgan fingerprint density at radius 3 is 2.08 bits per heavy atom. The molecular formula is C16H14F3N3O2. The fourth-order valence-corrected chi connectivity index (χ4v) is 1.83. The predicted octanol–water partition coefficient (Wildman–Crippen LogP) is 2.70. The third-order valence-corrected chi connectivity index (χ3v) is 3.10. The van der Waals surface area contributed by atoms with Crippen LogP contribution in [0.1, 0.15) is 15.9 Å². The van der Waals surface area contributed by atoms with Crippen LogP contribution in [0.5, 0.6) is 0 Å². The molecular weight excluding hydrogens is 323 g/mol. The predicted molar refractivity (Wildman–Crippen MR) is 83.2 cm³/mol. The Kier molecular flexibility index (Phi) is 5.08. The van der Waals surface area contributed by atoms with Crippen molar-refractivity contribution in [2.24, 2.45) is 0 Å². The van der Waals surface area contributed by atoms with E-state index in [0.717, 1.165) is 0 Å². The Bertz CT molecular complexity index is 726. The zero-order valence-corrected chi connectivity index (χ0v) is 12.4. The number of benzene rings is 2. The first kappa shape index (κ1) is 17.3. The Morgan fingerprint density at radius 2 is 1.54 bits per heavy atom. The second-order valence-electron chi connectivity index (χ2n) is 4.95. The lowest BCUT2D eigenvalue weighted by atomic mass is 10.1. The summed E-state index contributed by atoms with van der Waals surface area (Å²) < 4.78 is 36.2. The van der Waals surface area contributed by atoms with Gasteiger partial charge >= 0.3 is 12.1 Å². The number of carbonyl (C=O) groups is 2. The van der Waals surface area contributed by atoms with Crippen molar-refractivity contribution in [2.75, 3.05) is 11.1 Å². The van der Waals surface area contributed by atoms with Crippen LogP contribution in [0, 0.1) is 0 Å². The zero-order valence-electron chi connectivity index (χ0n) is 12.4. The summed E-state index contributed by atoms with van der Waals surface area (Å²) in [5.74, 6) is -2.34. The molecule has 0 fully saturated rings. The molecule has 0 saturated carbocycles. The smallest absolute Gasteiger partial charge is 0.399 e. The van der Waals surface area contributed by atoms with E-state index in [1.54, 1.807) is 29.6 Å². The Labute approximate surface area is 135 Å². The first-order valence-electron chi connectivity index (χ1n) is 6.86. The van der Waals surface area contributed by atoms with Gasteiger partial charge in [0.1, 0.15) is 0 Å². The molecule has 4 N–H and O–H groups in total.